The number of ether oxygens (including phenoxy) is 2. The Morgan fingerprint density at radius 1 is 1.39 bits per heavy atom. The zero-order chi connectivity index (χ0) is 13.0. The van der Waals surface area contributed by atoms with Crippen molar-refractivity contribution in [2.24, 2.45) is 5.92 Å². The normalized spacial score (nSPS) is 19.9. The third kappa shape index (κ3) is 2.88. The quantitative estimate of drug-likeness (QED) is 0.832. The minimum Gasteiger partial charge on any atom is -0.497 e. The Kier molecular flexibility index (Phi) is 4.31. The fraction of sp³-hybridized carbons (Fsp3) is 0.571. The van der Waals surface area contributed by atoms with Crippen LogP contribution < -0.4 is 15.4 Å². The van der Waals surface area contributed by atoms with E-state index in [4.69, 9.17) is 15.2 Å². The lowest BCUT2D eigenvalue weighted by molar-refractivity contribution is 0.143. The van der Waals surface area contributed by atoms with Gasteiger partial charge in [0.25, 0.3) is 0 Å². The molecule has 18 heavy (non-hydrogen) atoms. The van der Waals surface area contributed by atoms with Gasteiger partial charge in [0, 0.05) is 26.3 Å². The predicted molar refractivity (Wildman–Crippen MR) is 74.2 cm³/mol. The highest BCUT2D eigenvalue weighted by molar-refractivity contribution is 5.69. The third-order valence-corrected chi connectivity index (χ3v) is 3.50. The number of hydrogen-bond acceptors (Lipinski definition) is 4. The molecule has 0 saturated carbocycles. The average Bonchev–Trinajstić information content (AvgIpc) is 2.40. The van der Waals surface area contributed by atoms with E-state index in [0.29, 0.717) is 5.92 Å². The fourth-order valence-electron chi connectivity index (χ4n) is 2.58. The van der Waals surface area contributed by atoms with Crippen molar-refractivity contribution in [1.82, 2.24) is 0 Å². The van der Waals surface area contributed by atoms with E-state index in [1.54, 1.807) is 14.2 Å². The van der Waals surface area contributed by atoms with Crippen molar-refractivity contribution in [2.75, 3.05) is 44.5 Å². The molecule has 0 bridgehead atoms. The summed E-state index contributed by atoms with van der Waals surface area (Å²) in [5.74, 6) is 1.45. The van der Waals surface area contributed by atoms with Crippen molar-refractivity contribution in [3.05, 3.63) is 18.2 Å². The van der Waals surface area contributed by atoms with Crippen LogP contribution in [0.2, 0.25) is 0 Å². The number of piperidine rings is 1. The zero-order valence-corrected chi connectivity index (χ0v) is 11.2. The lowest BCUT2D eigenvalue weighted by Crippen LogP contribution is -2.37. The van der Waals surface area contributed by atoms with Crippen molar-refractivity contribution in [3.8, 4) is 5.75 Å². The van der Waals surface area contributed by atoms with Gasteiger partial charge < -0.3 is 20.1 Å². The molecule has 1 heterocycles. The molecule has 4 nitrogen and oxygen atoms in total. The Morgan fingerprint density at radius 2 is 2.22 bits per heavy atom. The van der Waals surface area contributed by atoms with Gasteiger partial charge in [-0.2, -0.15) is 0 Å². The van der Waals surface area contributed by atoms with E-state index in [-0.39, 0.29) is 0 Å². The highest BCUT2D eigenvalue weighted by Gasteiger charge is 2.21. The Hall–Kier alpha value is -1.42. The average molecular weight is 250 g/mol. The SMILES string of the molecule is COCC1CCCN(c2cc(OC)ccc2N)C1. The van der Waals surface area contributed by atoms with Crippen LogP contribution in [0, 0.1) is 5.92 Å². The smallest absolute Gasteiger partial charge is 0.121 e. The number of benzene rings is 1. The summed E-state index contributed by atoms with van der Waals surface area (Å²) in [4.78, 5) is 2.34. The summed E-state index contributed by atoms with van der Waals surface area (Å²) < 4.78 is 10.5. The van der Waals surface area contributed by atoms with Crippen LogP contribution in [-0.4, -0.2) is 33.9 Å². The predicted octanol–water partition coefficient (Wildman–Crippen LogP) is 2.14. The Balaban J connectivity index is 2.14. The number of rotatable bonds is 4. The van der Waals surface area contributed by atoms with Crippen LogP contribution in [0.4, 0.5) is 11.4 Å². The maximum absolute atomic E-state index is 6.07. The molecule has 0 spiro atoms. The summed E-state index contributed by atoms with van der Waals surface area (Å²) in [5.41, 5.74) is 7.96. The lowest BCUT2D eigenvalue weighted by atomic mass is 9.98. The molecule has 100 valence electrons. The molecular formula is C14H22N2O2. The monoisotopic (exact) mass is 250 g/mol. The van der Waals surface area contributed by atoms with Crippen LogP contribution in [0.1, 0.15) is 12.8 Å². The molecule has 1 saturated heterocycles. The molecule has 1 aromatic carbocycles. The number of hydrogen-bond donors (Lipinski definition) is 1. The standard InChI is InChI=1S/C14H22N2O2/c1-17-10-11-4-3-7-16(9-11)14-8-12(18-2)5-6-13(14)15/h5-6,8,11H,3-4,7,9-10,15H2,1-2H3. The first-order valence-corrected chi connectivity index (χ1v) is 6.42. The van der Waals surface area contributed by atoms with Gasteiger partial charge in [0.1, 0.15) is 5.75 Å². The van der Waals surface area contributed by atoms with Gasteiger partial charge in [0.15, 0.2) is 0 Å². The Labute approximate surface area is 109 Å². The number of nitrogen functional groups attached to an aromatic ring is 1. The molecule has 1 aliphatic rings. The minimum atomic E-state index is 0.592. The fourth-order valence-corrected chi connectivity index (χ4v) is 2.58. The molecular weight excluding hydrogens is 228 g/mol. The van der Waals surface area contributed by atoms with Crippen molar-refractivity contribution < 1.29 is 9.47 Å². The molecule has 0 aromatic heterocycles. The maximum atomic E-state index is 6.07. The highest BCUT2D eigenvalue weighted by Crippen LogP contribution is 2.31. The van der Waals surface area contributed by atoms with Crippen LogP contribution in [0.15, 0.2) is 18.2 Å². The van der Waals surface area contributed by atoms with E-state index in [1.807, 2.05) is 18.2 Å². The molecule has 1 aliphatic heterocycles. The van der Waals surface area contributed by atoms with Crippen molar-refractivity contribution in [1.29, 1.82) is 0 Å². The van der Waals surface area contributed by atoms with Crippen molar-refractivity contribution in [3.63, 3.8) is 0 Å². The van der Waals surface area contributed by atoms with E-state index in [9.17, 15) is 0 Å². The van der Waals surface area contributed by atoms with E-state index >= 15 is 0 Å². The Morgan fingerprint density at radius 3 is 2.94 bits per heavy atom. The van der Waals surface area contributed by atoms with Gasteiger partial charge in [-0.15, -0.1) is 0 Å². The van der Waals surface area contributed by atoms with Crippen LogP contribution in [0.5, 0.6) is 5.75 Å². The summed E-state index contributed by atoms with van der Waals surface area (Å²) in [5, 5.41) is 0. The first kappa shape index (κ1) is 13.0. The number of nitrogens with two attached hydrogens (primary N) is 1. The summed E-state index contributed by atoms with van der Waals surface area (Å²) in [6, 6.07) is 5.83. The molecule has 2 rings (SSSR count). The minimum absolute atomic E-state index is 0.592. The van der Waals surface area contributed by atoms with Crippen LogP contribution in [0.25, 0.3) is 0 Å². The van der Waals surface area contributed by atoms with Crippen LogP contribution >= 0.6 is 0 Å². The number of methoxy groups -OCH3 is 2. The molecule has 1 aromatic rings. The molecule has 4 heteroatoms. The van der Waals surface area contributed by atoms with Crippen molar-refractivity contribution in [2.45, 2.75) is 12.8 Å². The van der Waals surface area contributed by atoms with Crippen molar-refractivity contribution >= 4 is 11.4 Å². The van der Waals surface area contributed by atoms with Gasteiger partial charge in [-0.3, -0.25) is 0 Å². The maximum Gasteiger partial charge on any atom is 0.121 e. The number of nitrogens with zero attached hydrogens (tertiary/aromatic N) is 1. The second-order valence-corrected chi connectivity index (χ2v) is 4.83. The van der Waals surface area contributed by atoms with Crippen LogP contribution in [-0.2, 0) is 4.74 Å². The summed E-state index contributed by atoms with van der Waals surface area (Å²) >= 11 is 0. The second kappa shape index (κ2) is 5.96. The third-order valence-electron chi connectivity index (χ3n) is 3.50. The Bertz CT molecular complexity index is 393. The first-order chi connectivity index (χ1) is 8.74. The van der Waals surface area contributed by atoms with E-state index in [2.05, 4.69) is 4.90 Å². The largest absolute Gasteiger partial charge is 0.497 e. The van der Waals surface area contributed by atoms with E-state index in [0.717, 1.165) is 36.8 Å². The molecule has 0 radical (unpaired) electrons. The highest BCUT2D eigenvalue weighted by atomic mass is 16.5. The van der Waals surface area contributed by atoms with Gasteiger partial charge in [-0.05, 0) is 30.9 Å². The van der Waals surface area contributed by atoms with Gasteiger partial charge >= 0.3 is 0 Å². The van der Waals surface area contributed by atoms with Crippen LogP contribution in [0.3, 0.4) is 0 Å². The van der Waals surface area contributed by atoms with E-state index in [1.165, 1.54) is 12.8 Å². The van der Waals surface area contributed by atoms with Gasteiger partial charge in [-0.1, -0.05) is 0 Å². The summed E-state index contributed by atoms with van der Waals surface area (Å²) in [6.07, 6.45) is 2.42. The molecule has 1 unspecified atom stereocenters. The first-order valence-electron chi connectivity index (χ1n) is 6.42. The van der Waals surface area contributed by atoms with Gasteiger partial charge in [-0.25, -0.2) is 0 Å². The van der Waals surface area contributed by atoms with E-state index < -0.39 is 0 Å². The second-order valence-electron chi connectivity index (χ2n) is 4.83. The molecule has 0 aliphatic carbocycles. The lowest BCUT2D eigenvalue weighted by Gasteiger charge is -2.34. The summed E-state index contributed by atoms with van der Waals surface area (Å²) in [7, 11) is 3.44. The number of anilines is 2. The molecule has 1 fully saturated rings. The molecule has 0 amide bonds. The van der Waals surface area contributed by atoms with Gasteiger partial charge in [0.2, 0.25) is 0 Å². The van der Waals surface area contributed by atoms with Gasteiger partial charge in [0.05, 0.1) is 25.1 Å². The zero-order valence-electron chi connectivity index (χ0n) is 11.2. The topological polar surface area (TPSA) is 47.7 Å². The molecule has 1 atom stereocenters. The summed E-state index contributed by atoms with van der Waals surface area (Å²) in [6.45, 7) is 2.88. The molecule has 2 N–H and O–H groups in total.